The van der Waals surface area contributed by atoms with Gasteiger partial charge in [0.2, 0.25) is 5.95 Å². The van der Waals surface area contributed by atoms with Gasteiger partial charge in [-0.25, -0.2) is 0 Å². The predicted octanol–water partition coefficient (Wildman–Crippen LogP) is 2.86. The first kappa shape index (κ1) is 19.8. The Morgan fingerprint density at radius 1 is 1.23 bits per heavy atom. The summed E-state index contributed by atoms with van der Waals surface area (Å²) in [7, 11) is 0. The van der Waals surface area contributed by atoms with Crippen LogP contribution in [0.1, 0.15) is 43.2 Å². The first-order valence-electron chi connectivity index (χ1n) is 10.9. The summed E-state index contributed by atoms with van der Waals surface area (Å²) >= 11 is 0. The second-order valence-corrected chi connectivity index (χ2v) is 7.97. The number of allylic oxidation sites excluding steroid dienone is 2. The van der Waals surface area contributed by atoms with Crippen LogP contribution in [0, 0.1) is 0 Å². The van der Waals surface area contributed by atoms with E-state index in [2.05, 4.69) is 15.2 Å². The lowest BCUT2D eigenvalue weighted by Crippen LogP contribution is -2.38. The molecule has 1 atom stereocenters. The van der Waals surface area contributed by atoms with Gasteiger partial charge < -0.3 is 25.4 Å². The van der Waals surface area contributed by atoms with E-state index in [0.717, 1.165) is 54.1 Å². The van der Waals surface area contributed by atoms with E-state index >= 15 is 0 Å². The van der Waals surface area contributed by atoms with Crippen LogP contribution in [0.4, 0.5) is 17.6 Å². The Bertz CT molecular complexity index is 1050. The average Bonchev–Trinajstić information content (AvgIpc) is 2.79. The molecule has 0 saturated carbocycles. The van der Waals surface area contributed by atoms with Crippen molar-refractivity contribution in [3.63, 3.8) is 0 Å². The number of rotatable bonds is 4. The second kappa shape index (κ2) is 8.19. The maximum absolute atomic E-state index is 13.1. The SMILES string of the molecule is CCOc1ccccc1[C@H]1C2=C(CCCC2=O)Nc2nc(N3CCOCC3)nc(N)c21. The second-order valence-electron chi connectivity index (χ2n) is 7.97. The minimum Gasteiger partial charge on any atom is -0.494 e. The van der Waals surface area contributed by atoms with Crippen LogP contribution in [-0.2, 0) is 9.53 Å². The average molecular weight is 422 g/mol. The van der Waals surface area contributed by atoms with E-state index in [4.69, 9.17) is 20.2 Å². The van der Waals surface area contributed by atoms with E-state index in [1.165, 1.54) is 0 Å². The van der Waals surface area contributed by atoms with E-state index in [1.807, 2.05) is 31.2 Å². The van der Waals surface area contributed by atoms with Gasteiger partial charge in [0.15, 0.2) is 5.78 Å². The fourth-order valence-electron chi connectivity index (χ4n) is 4.69. The Morgan fingerprint density at radius 3 is 2.84 bits per heavy atom. The van der Waals surface area contributed by atoms with Crippen molar-refractivity contribution in [1.29, 1.82) is 0 Å². The van der Waals surface area contributed by atoms with Gasteiger partial charge in [-0.3, -0.25) is 4.79 Å². The van der Waals surface area contributed by atoms with Gasteiger partial charge in [0.1, 0.15) is 17.4 Å². The van der Waals surface area contributed by atoms with Gasteiger partial charge in [-0.15, -0.1) is 0 Å². The van der Waals surface area contributed by atoms with Crippen molar-refractivity contribution in [2.24, 2.45) is 0 Å². The fraction of sp³-hybridized carbons (Fsp3) is 0.435. The summed E-state index contributed by atoms with van der Waals surface area (Å²) in [5.41, 5.74) is 9.91. The Balaban J connectivity index is 1.68. The molecule has 0 amide bonds. The Kier molecular flexibility index (Phi) is 5.23. The fourth-order valence-corrected chi connectivity index (χ4v) is 4.69. The van der Waals surface area contributed by atoms with Crippen molar-refractivity contribution in [3.8, 4) is 5.75 Å². The summed E-state index contributed by atoms with van der Waals surface area (Å²) in [5.74, 6) is 2.21. The minimum absolute atomic E-state index is 0.146. The lowest BCUT2D eigenvalue weighted by molar-refractivity contribution is -0.116. The van der Waals surface area contributed by atoms with E-state index in [9.17, 15) is 4.79 Å². The quantitative estimate of drug-likeness (QED) is 0.777. The number of nitrogen functional groups attached to an aromatic ring is 1. The lowest BCUT2D eigenvalue weighted by atomic mass is 9.76. The van der Waals surface area contributed by atoms with Crippen LogP contribution < -0.4 is 20.7 Å². The molecule has 1 saturated heterocycles. The number of carbonyl (C=O) groups is 1. The van der Waals surface area contributed by atoms with Crippen LogP contribution in [0.5, 0.6) is 5.75 Å². The van der Waals surface area contributed by atoms with Gasteiger partial charge in [-0.2, -0.15) is 9.97 Å². The third-order valence-electron chi connectivity index (χ3n) is 6.09. The molecule has 8 nitrogen and oxygen atoms in total. The molecular formula is C23H27N5O3. The van der Waals surface area contributed by atoms with Gasteiger partial charge in [-0.1, -0.05) is 18.2 Å². The molecule has 0 unspecified atom stereocenters. The molecule has 2 aromatic rings. The summed E-state index contributed by atoms with van der Waals surface area (Å²) in [6, 6.07) is 7.85. The lowest BCUT2D eigenvalue weighted by Gasteiger charge is -2.35. The molecule has 3 heterocycles. The van der Waals surface area contributed by atoms with Crippen LogP contribution in [0.25, 0.3) is 0 Å². The van der Waals surface area contributed by atoms with Crippen molar-refractivity contribution < 1.29 is 14.3 Å². The molecule has 0 radical (unpaired) electrons. The molecule has 1 aromatic heterocycles. The minimum atomic E-state index is -0.347. The summed E-state index contributed by atoms with van der Waals surface area (Å²) in [4.78, 5) is 24.7. The van der Waals surface area contributed by atoms with Crippen LogP contribution in [0.2, 0.25) is 0 Å². The number of hydrogen-bond acceptors (Lipinski definition) is 8. The van der Waals surface area contributed by atoms with Crippen molar-refractivity contribution in [2.45, 2.75) is 32.1 Å². The first-order valence-corrected chi connectivity index (χ1v) is 10.9. The molecular weight excluding hydrogens is 394 g/mol. The number of morpholine rings is 1. The molecule has 1 aliphatic carbocycles. The molecule has 31 heavy (non-hydrogen) atoms. The summed E-state index contributed by atoms with van der Waals surface area (Å²) < 4.78 is 11.4. The summed E-state index contributed by atoms with van der Waals surface area (Å²) in [6.45, 7) is 5.22. The summed E-state index contributed by atoms with van der Waals surface area (Å²) in [6.07, 6.45) is 2.18. The molecule has 162 valence electrons. The molecule has 8 heteroatoms. The zero-order chi connectivity index (χ0) is 21.4. The molecule has 1 fully saturated rings. The number of aromatic nitrogens is 2. The number of Topliss-reactive ketones (excluding diaryl/α,β-unsaturated/α-hetero) is 1. The van der Waals surface area contributed by atoms with E-state index < -0.39 is 0 Å². The number of para-hydroxylation sites is 1. The topological polar surface area (TPSA) is 103 Å². The summed E-state index contributed by atoms with van der Waals surface area (Å²) in [5, 5.41) is 3.43. The highest BCUT2D eigenvalue weighted by molar-refractivity contribution is 6.01. The van der Waals surface area contributed by atoms with Crippen LogP contribution >= 0.6 is 0 Å². The Hall–Kier alpha value is -3.13. The van der Waals surface area contributed by atoms with Crippen LogP contribution in [-0.4, -0.2) is 48.7 Å². The molecule has 2 aliphatic heterocycles. The molecule has 1 aromatic carbocycles. The van der Waals surface area contributed by atoms with Gasteiger partial charge in [0.25, 0.3) is 0 Å². The zero-order valence-corrected chi connectivity index (χ0v) is 17.7. The maximum Gasteiger partial charge on any atom is 0.229 e. The van der Waals surface area contributed by atoms with E-state index in [0.29, 0.717) is 43.8 Å². The zero-order valence-electron chi connectivity index (χ0n) is 17.7. The highest BCUT2D eigenvalue weighted by Crippen LogP contribution is 2.49. The monoisotopic (exact) mass is 421 g/mol. The number of nitrogens with one attached hydrogen (secondary N) is 1. The Morgan fingerprint density at radius 2 is 2.03 bits per heavy atom. The highest BCUT2D eigenvalue weighted by Gasteiger charge is 2.39. The number of ketones is 1. The van der Waals surface area contributed by atoms with E-state index in [-0.39, 0.29) is 11.7 Å². The van der Waals surface area contributed by atoms with Crippen LogP contribution in [0.3, 0.4) is 0 Å². The van der Waals surface area contributed by atoms with E-state index in [1.54, 1.807) is 0 Å². The largest absolute Gasteiger partial charge is 0.494 e. The smallest absolute Gasteiger partial charge is 0.229 e. The van der Waals surface area contributed by atoms with Gasteiger partial charge in [0.05, 0.1) is 25.7 Å². The number of hydrogen-bond donors (Lipinski definition) is 2. The van der Waals surface area contributed by atoms with Gasteiger partial charge in [-0.05, 0) is 25.8 Å². The molecule has 0 spiro atoms. The van der Waals surface area contributed by atoms with Gasteiger partial charge in [0, 0.05) is 41.9 Å². The number of ether oxygens (including phenoxy) is 2. The van der Waals surface area contributed by atoms with Crippen LogP contribution in [0.15, 0.2) is 35.5 Å². The first-order chi connectivity index (χ1) is 15.2. The molecule has 3 aliphatic rings. The number of nitrogens with zero attached hydrogens (tertiary/aromatic N) is 3. The number of anilines is 3. The molecule has 3 N–H and O–H groups in total. The van der Waals surface area contributed by atoms with Crippen molar-refractivity contribution in [3.05, 3.63) is 46.7 Å². The van der Waals surface area contributed by atoms with Gasteiger partial charge >= 0.3 is 0 Å². The standard InChI is InChI=1S/C23H27N5O3/c1-2-31-17-9-4-3-6-14(17)18-19-15(7-5-8-16(19)29)25-22-20(18)21(24)26-23(27-22)28-10-12-30-13-11-28/h3-4,6,9,18H,2,5,7-8,10-13H2,1H3,(H3,24,25,26,27)/t18-/m0/s1. The Labute approximate surface area is 181 Å². The third kappa shape index (κ3) is 3.50. The van der Waals surface area contributed by atoms with Crippen molar-refractivity contribution >= 4 is 23.4 Å². The molecule has 0 bridgehead atoms. The number of nitrogens with two attached hydrogens (primary N) is 1. The van der Waals surface area contributed by atoms with Crippen molar-refractivity contribution in [2.75, 3.05) is 48.9 Å². The normalized spacial score (nSPS) is 20.7. The number of fused-ring (bicyclic) bond motifs is 1. The highest BCUT2D eigenvalue weighted by atomic mass is 16.5. The van der Waals surface area contributed by atoms with Crippen molar-refractivity contribution in [1.82, 2.24) is 9.97 Å². The predicted molar refractivity (Wildman–Crippen MR) is 118 cm³/mol. The third-order valence-corrected chi connectivity index (χ3v) is 6.09. The molecule has 5 rings (SSSR count). The number of carbonyl (C=O) groups excluding carboxylic acids is 1. The number of benzene rings is 1. The maximum atomic E-state index is 13.1.